The SMILES string of the molecule is CCCCCCCCCCCC/C=C\CCCCCCCCCC(=O)NC(COC1OC(CO)C(O)C(O)C1O)C(O)CCCCCCCCCCCCCCCCCCCCCCC. The van der Waals surface area contributed by atoms with E-state index in [-0.39, 0.29) is 12.5 Å². The third-order valence-corrected chi connectivity index (χ3v) is 13.9. The summed E-state index contributed by atoms with van der Waals surface area (Å²) in [7, 11) is 0. The lowest BCUT2D eigenvalue weighted by Gasteiger charge is -2.40. The summed E-state index contributed by atoms with van der Waals surface area (Å²) in [6.07, 6.45) is 49.5. The monoisotopic (exact) mass is 924 g/mol. The molecule has 1 saturated heterocycles. The van der Waals surface area contributed by atoms with Crippen molar-refractivity contribution in [1.82, 2.24) is 5.32 Å². The molecule has 1 amide bonds. The van der Waals surface area contributed by atoms with Crippen molar-refractivity contribution in [3.05, 3.63) is 12.2 Å². The molecule has 0 aromatic heterocycles. The zero-order chi connectivity index (χ0) is 47.3. The summed E-state index contributed by atoms with van der Waals surface area (Å²) < 4.78 is 11.3. The van der Waals surface area contributed by atoms with Gasteiger partial charge in [0.15, 0.2) is 6.29 Å². The molecule has 1 aliphatic heterocycles. The Kier molecular flexibility index (Phi) is 44.5. The van der Waals surface area contributed by atoms with E-state index in [0.29, 0.717) is 12.8 Å². The number of allylic oxidation sites excluding steroid dienone is 2. The van der Waals surface area contributed by atoms with Crippen LogP contribution in [0, 0.1) is 0 Å². The number of ether oxygens (including phenoxy) is 2. The highest BCUT2D eigenvalue weighted by atomic mass is 16.7. The number of unbranched alkanes of at least 4 members (excludes halogenated alkanes) is 37. The summed E-state index contributed by atoms with van der Waals surface area (Å²) in [5.41, 5.74) is 0. The zero-order valence-electron chi connectivity index (χ0n) is 42.8. The molecule has 0 aromatic carbocycles. The highest BCUT2D eigenvalue weighted by molar-refractivity contribution is 5.76. The molecule has 0 bridgehead atoms. The molecule has 0 spiro atoms. The molecule has 0 saturated carbocycles. The first kappa shape index (κ1) is 61.9. The van der Waals surface area contributed by atoms with Crippen LogP contribution < -0.4 is 5.32 Å². The van der Waals surface area contributed by atoms with Crippen LogP contribution in [0.15, 0.2) is 12.2 Å². The number of aliphatic hydroxyl groups excluding tert-OH is 5. The summed E-state index contributed by atoms with van der Waals surface area (Å²) >= 11 is 0. The van der Waals surface area contributed by atoms with E-state index in [1.54, 1.807) is 0 Å². The average molecular weight is 924 g/mol. The van der Waals surface area contributed by atoms with Crippen LogP contribution in [0.5, 0.6) is 0 Å². The molecule has 0 aliphatic carbocycles. The Hall–Kier alpha value is -1.07. The second kappa shape index (κ2) is 46.6. The second-order valence-corrected chi connectivity index (χ2v) is 20.1. The average Bonchev–Trinajstić information content (AvgIpc) is 3.31. The van der Waals surface area contributed by atoms with Gasteiger partial charge in [-0.2, -0.15) is 0 Å². The smallest absolute Gasteiger partial charge is 0.220 e. The van der Waals surface area contributed by atoms with Crippen LogP contribution in [0.1, 0.15) is 284 Å². The highest BCUT2D eigenvalue weighted by Gasteiger charge is 2.44. The number of hydrogen-bond donors (Lipinski definition) is 6. The molecular weight excluding hydrogens is 815 g/mol. The Morgan fingerprint density at radius 3 is 1.25 bits per heavy atom. The fraction of sp³-hybridized carbons (Fsp3) is 0.946. The van der Waals surface area contributed by atoms with E-state index in [9.17, 15) is 30.3 Å². The molecule has 65 heavy (non-hydrogen) atoms. The largest absolute Gasteiger partial charge is 0.394 e. The van der Waals surface area contributed by atoms with Crippen LogP contribution in [0.25, 0.3) is 0 Å². The molecule has 386 valence electrons. The van der Waals surface area contributed by atoms with Crippen molar-refractivity contribution in [2.24, 2.45) is 0 Å². The quantitative estimate of drug-likeness (QED) is 0.0261. The fourth-order valence-corrected chi connectivity index (χ4v) is 9.34. The van der Waals surface area contributed by atoms with Gasteiger partial charge in [-0.25, -0.2) is 0 Å². The van der Waals surface area contributed by atoms with E-state index in [1.165, 1.54) is 218 Å². The third kappa shape index (κ3) is 36.6. The van der Waals surface area contributed by atoms with E-state index in [2.05, 4.69) is 31.3 Å². The van der Waals surface area contributed by atoms with E-state index in [0.717, 1.165) is 38.5 Å². The number of hydrogen-bond acceptors (Lipinski definition) is 8. The Morgan fingerprint density at radius 1 is 0.508 bits per heavy atom. The highest BCUT2D eigenvalue weighted by Crippen LogP contribution is 2.23. The van der Waals surface area contributed by atoms with Crippen molar-refractivity contribution < 1.29 is 39.8 Å². The van der Waals surface area contributed by atoms with Crippen LogP contribution in [0.2, 0.25) is 0 Å². The lowest BCUT2D eigenvalue weighted by atomic mass is 9.99. The molecule has 9 nitrogen and oxygen atoms in total. The van der Waals surface area contributed by atoms with Gasteiger partial charge in [0.05, 0.1) is 25.4 Å². The molecule has 0 aromatic rings. The standard InChI is InChI=1S/C56H109NO8/c1-3-5-7-9-11-13-15-17-19-21-23-25-27-29-31-33-35-37-39-41-43-45-50(59)49(48-64-56-55(63)54(62)53(61)51(47-58)65-56)57-52(60)46-44-42-40-38-36-34-32-30-28-26-24-22-20-18-16-14-12-10-8-6-4-2/h26,28,49-51,53-56,58-59,61-63H,3-25,27,29-48H2,1-2H3,(H,57,60)/b28-26-. The number of amides is 1. The van der Waals surface area contributed by atoms with Crippen molar-refractivity contribution in [2.75, 3.05) is 13.2 Å². The van der Waals surface area contributed by atoms with E-state index in [4.69, 9.17) is 9.47 Å². The first-order valence-electron chi connectivity index (χ1n) is 28.4. The van der Waals surface area contributed by atoms with Gasteiger partial charge in [-0.15, -0.1) is 0 Å². The van der Waals surface area contributed by atoms with Crippen molar-refractivity contribution >= 4 is 5.91 Å². The molecule has 7 atom stereocenters. The van der Waals surface area contributed by atoms with Crippen LogP contribution in [0.4, 0.5) is 0 Å². The van der Waals surface area contributed by atoms with Crippen LogP contribution in [-0.4, -0.2) is 87.5 Å². The molecule has 1 fully saturated rings. The lowest BCUT2D eigenvalue weighted by Crippen LogP contribution is -2.60. The number of rotatable bonds is 49. The molecule has 1 rings (SSSR count). The van der Waals surface area contributed by atoms with Gasteiger partial charge in [-0.05, 0) is 38.5 Å². The maximum atomic E-state index is 13.1. The summed E-state index contributed by atoms with van der Waals surface area (Å²) in [6, 6.07) is -0.719. The predicted octanol–water partition coefficient (Wildman–Crippen LogP) is 13.6. The van der Waals surface area contributed by atoms with E-state index >= 15 is 0 Å². The van der Waals surface area contributed by atoms with Gasteiger partial charge in [0, 0.05) is 6.42 Å². The first-order valence-corrected chi connectivity index (χ1v) is 28.4. The minimum Gasteiger partial charge on any atom is -0.394 e. The van der Waals surface area contributed by atoms with E-state index < -0.39 is 49.5 Å². The first-order chi connectivity index (χ1) is 31.8. The van der Waals surface area contributed by atoms with Crippen LogP contribution in [-0.2, 0) is 14.3 Å². The number of carbonyl (C=O) groups excluding carboxylic acids is 1. The molecule has 0 radical (unpaired) electrons. The van der Waals surface area contributed by atoms with Crippen molar-refractivity contribution in [2.45, 2.75) is 326 Å². The minimum absolute atomic E-state index is 0.136. The zero-order valence-corrected chi connectivity index (χ0v) is 42.8. The minimum atomic E-state index is -1.55. The molecule has 7 unspecified atom stereocenters. The van der Waals surface area contributed by atoms with Gasteiger partial charge in [0.25, 0.3) is 0 Å². The Balaban J connectivity index is 2.22. The molecular formula is C56H109NO8. The number of carbonyl (C=O) groups is 1. The fourth-order valence-electron chi connectivity index (χ4n) is 9.34. The predicted molar refractivity (Wildman–Crippen MR) is 272 cm³/mol. The Labute approximate surface area is 401 Å². The van der Waals surface area contributed by atoms with Gasteiger partial charge in [-0.1, -0.05) is 251 Å². The Bertz CT molecular complexity index is 1030. The topological polar surface area (TPSA) is 149 Å². The number of aliphatic hydroxyl groups is 5. The summed E-state index contributed by atoms with van der Waals surface area (Å²) in [6.45, 7) is 3.87. The molecule has 6 N–H and O–H groups in total. The second-order valence-electron chi connectivity index (χ2n) is 20.1. The Morgan fingerprint density at radius 2 is 0.862 bits per heavy atom. The summed E-state index contributed by atoms with van der Waals surface area (Å²) in [5, 5.41) is 54.7. The number of nitrogens with one attached hydrogen (secondary N) is 1. The van der Waals surface area contributed by atoms with E-state index in [1.807, 2.05) is 0 Å². The van der Waals surface area contributed by atoms with Crippen LogP contribution in [0.3, 0.4) is 0 Å². The summed E-state index contributed by atoms with van der Waals surface area (Å²) in [5.74, 6) is -0.144. The van der Waals surface area contributed by atoms with Crippen molar-refractivity contribution in [3.63, 3.8) is 0 Å². The normalized spacial score (nSPS) is 19.9. The molecule has 9 heteroatoms. The third-order valence-electron chi connectivity index (χ3n) is 13.9. The maximum Gasteiger partial charge on any atom is 0.220 e. The van der Waals surface area contributed by atoms with Crippen molar-refractivity contribution in [3.8, 4) is 0 Å². The molecule has 1 heterocycles. The van der Waals surface area contributed by atoms with Gasteiger partial charge < -0.3 is 40.3 Å². The van der Waals surface area contributed by atoms with Gasteiger partial charge in [0.2, 0.25) is 5.91 Å². The van der Waals surface area contributed by atoms with Gasteiger partial charge >= 0.3 is 0 Å². The van der Waals surface area contributed by atoms with Gasteiger partial charge in [0.1, 0.15) is 24.4 Å². The summed E-state index contributed by atoms with van der Waals surface area (Å²) in [4.78, 5) is 13.1. The van der Waals surface area contributed by atoms with Crippen LogP contribution >= 0.6 is 0 Å². The maximum absolute atomic E-state index is 13.1. The lowest BCUT2D eigenvalue weighted by molar-refractivity contribution is -0.302. The van der Waals surface area contributed by atoms with Crippen molar-refractivity contribution in [1.29, 1.82) is 0 Å². The van der Waals surface area contributed by atoms with Gasteiger partial charge in [-0.3, -0.25) is 4.79 Å². The molecule has 1 aliphatic rings.